The molecule has 0 saturated carbocycles. The number of anilines is 1. The Hall–Kier alpha value is -2.21. The van der Waals surface area contributed by atoms with Crippen LogP contribution < -0.4 is 15.4 Å². The van der Waals surface area contributed by atoms with Crippen LogP contribution in [0.1, 0.15) is 12.8 Å². The van der Waals surface area contributed by atoms with Gasteiger partial charge in [-0.05, 0) is 47.0 Å². The lowest BCUT2D eigenvalue weighted by atomic mass is 9.82. The summed E-state index contributed by atoms with van der Waals surface area (Å²) in [6, 6.07) is 7.44. The van der Waals surface area contributed by atoms with E-state index in [0.29, 0.717) is 18.5 Å². The van der Waals surface area contributed by atoms with E-state index >= 15 is 0 Å². The molecular weight excluding hydrogens is 360 g/mol. The van der Waals surface area contributed by atoms with Crippen molar-refractivity contribution in [1.82, 2.24) is 0 Å². The second kappa shape index (κ2) is 6.50. The maximum absolute atomic E-state index is 12.5. The molecule has 2 unspecified atom stereocenters. The smallest absolute Gasteiger partial charge is 0.235 e. The number of nitrogens with one attached hydrogen (secondary N) is 2. The summed E-state index contributed by atoms with van der Waals surface area (Å²) in [5.41, 5.74) is 1.41. The van der Waals surface area contributed by atoms with E-state index in [1.54, 1.807) is 18.3 Å². The van der Waals surface area contributed by atoms with Crippen molar-refractivity contribution in [2.24, 2.45) is 11.8 Å². The van der Waals surface area contributed by atoms with Crippen LogP contribution in [0.3, 0.4) is 0 Å². The first-order chi connectivity index (χ1) is 11.1. The number of hydrogen-bond acceptors (Lipinski definition) is 3. The standard InChI is InChI=1S/C17H15BrN2O3/c18-13-7-8-14(15-12(13)6-3-9-19-15)20-16(21)10-4-1-2-5-11(10)17(22)23/h1-3,6-11H,4-5H2,(H,20,21)(H,22,23). The van der Waals surface area contributed by atoms with Crippen molar-refractivity contribution >= 4 is 44.4 Å². The number of halogens is 1. The molecule has 2 atom stereocenters. The van der Waals surface area contributed by atoms with Gasteiger partial charge in [-0.25, -0.2) is 4.98 Å². The molecule has 5 nitrogen and oxygen atoms in total. The number of hydrogen-bond donors (Lipinski definition) is 1. The number of aromatic nitrogens is 1. The zero-order valence-corrected chi connectivity index (χ0v) is 13.8. The number of carbonyl (C=O) groups is 2. The molecule has 0 fully saturated rings. The van der Waals surface area contributed by atoms with Gasteiger partial charge in [0.25, 0.3) is 0 Å². The third kappa shape index (κ3) is 3.12. The van der Waals surface area contributed by atoms with Crippen LogP contribution in [0.5, 0.6) is 0 Å². The van der Waals surface area contributed by atoms with Crippen molar-refractivity contribution in [3.8, 4) is 0 Å². The highest BCUT2D eigenvalue weighted by molar-refractivity contribution is 9.10. The molecule has 1 heterocycles. The van der Waals surface area contributed by atoms with Crippen molar-refractivity contribution in [1.29, 1.82) is 0 Å². The van der Waals surface area contributed by atoms with Gasteiger partial charge in [-0.3, -0.25) is 4.79 Å². The quantitative estimate of drug-likeness (QED) is 0.829. The fourth-order valence-electron chi connectivity index (χ4n) is 2.88. The lowest BCUT2D eigenvalue weighted by Gasteiger charge is -2.28. The molecular formula is C17H15BrN2O3. The van der Waals surface area contributed by atoms with Crippen LogP contribution >= 0.6 is 15.9 Å². The van der Waals surface area contributed by atoms with Gasteiger partial charge in [-0.1, -0.05) is 12.2 Å². The Morgan fingerprint density at radius 2 is 1.91 bits per heavy atom. The minimum Gasteiger partial charge on any atom is -0.550 e. The van der Waals surface area contributed by atoms with Crippen molar-refractivity contribution in [3.63, 3.8) is 0 Å². The summed E-state index contributed by atoms with van der Waals surface area (Å²) >= 11 is 3.47. The number of aliphatic carboxylic acids is 1. The lowest BCUT2D eigenvalue weighted by molar-refractivity contribution is -0.344. The Morgan fingerprint density at radius 3 is 2.65 bits per heavy atom. The fraction of sp³-hybridized carbons (Fsp3) is 0.235. The van der Waals surface area contributed by atoms with Crippen LogP contribution in [-0.2, 0) is 9.59 Å². The van der Waals surface area contributed by atoms with Gasteiger partial charge >= 0.3 is 0 Å². The minimum absolute atomic E-state index is 0.301. The Morgan fingerprint density at radius 1 is 1.17 bits per heavy atom. The molecule has 2 N–H and O–H groups in total. The molecule has 0 radical (unpaired) electrons. The second-order valence-corrected chi connectivity index (χ2v) is 6.37. The van der Waals surface area contributed by atoms with Crippen LogP contribution in [0.4, 0.5) is 5.69 Å². The van der Waals surface area contributed by atoms with Crippen LogP contribution in [0, 0.1) is 11.8 Å². The molecule has 3 rings (SSSR count). The number of carboxylic acids is 1. The first-order valence-corrected chi connectivity index (χ1v) is 8.13. The van der Waals surface area contributed by atoms with Crippen LogP contribution in [0.2, 0.25) is 0 Å². The van der Waals surface area contributed by atoms with Gasteiger partial charge in [0, 0.05) is 22.4 Å². The van der Waals surface area contributed by atoms with Gasteiger partial charge in [-0.2, -0.15) is 0 Å². The summed E-state index contributed by atoms with van der Waals surface area (Å²) in [5.74, 6) is -2.88. The summed E-state index contributed by atoms with van der Waals surface area (Å²) in [4.78, 5) is 26.9. The van der Waals surface area contributed by atoms with Gasteiger partial charge in [0.1, 0.15) is 5.69 Å². The molecule has 2 aromatic rings. The Balaban J connectivity index is 1.90. The molecule has 0 bridgehead atoms. The third-order valence-corrected chi connectivity index (χ3v) is 4.80. The number of amides is 1. The van der Waals surface area contributed by atoms with Gasteiger partial charge in [0.15, 0.2) is 6.20 Å². The zero-order valence-electron chi connectivity index (χ0n) is 12.2. The van der Waals surface area contributed by atoms with E-state index in [1.165, 1.54) is 0 Å². The van der Waals surface area contributed by atoms with E-state index < -0.39 is 17.8 Å². The average molecular weight is 375 g/mol. The van der Waals surface area contributed by atoms with Crippen molar-refractivity contribution < 1.29 is 19.7 Å². The second-order valence-electron chi connectivity index (χ2n) is 5.52. The van der Waals surface area contributed by atoms with Crippen molar-refractivity contribution in [2.75, 3.05) is 5.32 Å². The van der Waals surface area contributed by atoms with E-state index in [9.17, 15) is 14.7 Å². The number of aromatic amines is 1. The SMILES string of the molecule is O=C([O-])C1CC=CCC1C(=O)Nc1ccc(Br)c2ccc[nH+]c12. The fourth-order valence-corrected chi connectivity index (χ4v) is 3.34. The average Bonchev–Trinajstić information content (AvgIpc) is 2.57. The van der Waals surface area contributed by atoms with Crippen molar-refractivity contribution in [2.45, 2.75) is 12.8 Å². The first-order valence-electron chi connectivity index (χ1n) is 7.33. The highest BCUT2D eigenvalue weighted by atomic mass is 79.9. The first kappa shape index (κ1) is 15.7. The Kier molecular flexibility index (Phi) is 4.43. The van der Waals surface area contributed by atoms with Gasteiger partial charge in [0.2, 0.25) is 11.4 Å². The summed E-state index contributed by atoms with van der Waals surface area (Å²) in [6.07, 6.45) is 6.14. The third-order valence-electron chi connectivity index (χ3n) is 4.11. The number of pyridine rings is 1. The van der Waals surface area contributed by atoms with Crippen LogP contribution in [0.25, 0.3) is 10.9 Å². The van der Waals surface area contributed by atoms with E-state index in [1.807, 2.05) is 24.3 Å². The maximum Gasteiger partial charge on any atom is 0.235 e. The summed E-state index contributed by atoms with van der Waals surface area (Å²) in [7, 11) is 0. The molecule has 1 aliphatic rings. The molecule has 0 spiro atoms. The molecule has 0 aliphatic heterocycles. The summed E-state index contributed by atoms with van der Waals surface area (Å²) in [5, 5.41) is 15.0. The highest BCUT2D eigenvalue weighted by Crippen LogP contribution is 2.30. The summed E-state index contributed by atoms with van der Waals surface area (Å²) in [6.45, 7) is 0. The number of carbonyl (C=O) groups excluding carboxylic acids is 2. The van der Waals surface area contributed by atoms with Crippen LogP contribution in [-0.4, -0.2) is 11.9 Å². The maximum atomic E-state index is 12.5. The Bertz CT molecular complexity index is 804. The molecule has 1 aromatic heterocycles. The molecule has 118 valence electrons. The van der Waals surface area contributed by atoms with Gasteiger partial charge in [-0.15, -0.1) is 0 Å². The largest absolute Gasteiger partial charge is 0.550 e. The summed E-state index contributed by atoms with van der Waals surface area (Å²) < 4.78 is 0.913. The van der Waals surface area contributed by atoms with E-state index in [2.05, 4.69) is 26.2 Å². The molecule has 1 amide bonds. The number of carboxylic acid groups (broad SMARTS) is 1. The molecule has 1 aliphatic carbocycles. The topological polar surface area (TPSA) is 83.4 Å². The number of fused-ring (bicyclic) bond motifs is 1. The van der Waals surface area contributed by atoms with Crippen LogP contribution in [0.15, 0.2) is 47.1 Å². The number of H-pyrrole nitrogens is 1. The molecule has 1 aromatic carbocycles. The molecule has 0 saturated heterocycles. The molecule has 6 heteroatoms. The normalized spacial score (nSPS) is 20.4. The van der Waals surface area contributed by atoms with E-state index in [-0.39, 0.29) is 5.91 Å². The van der Waals surface area contributed by atoms with E-state index in [0.717, 1.165) is 15.4 Å². The van der Waals surface area contributed by atoms with Gasteiger partial charge < -0.3 is 15.2 Å². The number of rotatable bonds is 3. The van der Waals surface area contributed by atoms with E-state index in [4.69, 9.17) is 0 Å². The number of allylic oxidation sites excluding steroid dienone is 2. The zero-order chi connectivity index (χ0) is 16.4. The highest BCUT2D eigenvalue weighted by Gasteiger charge is 2.30. The minimum atomic E-state index is -1.18. The predicted molar refractivity (Wildman–Crippen MR) is 87.2 cm³/mol. The Labute approximate surface area is 141 Å². The predicted octanol–water partition coefficient (Wildman–Crippen LogP) is 1.69. The monoisotopic (exact) mass is 374 g/mol. The number of benzene rings is 1. The lowest BCUT2D eigenvalue weighted by Crippen LogP contribution is -2.41. The molecule has 23 heavy (non-hydrogen) atoms. The van der Waals surface area contributed by atoms with Gasteiger partial charge in [0.05, 0.1) is 11.3 Å². The van der Waals surface area contributed by atoms with Crippen molar-refractivity contribution in [3.05, 3.63) is 47.1 Å².